The van der Waals surface area contributed by atoms with E-state index in [1.54, 1.807) is 17.4 Å². The van der Waals surface area contributed by atoms with Gasteiger partial charge in [-0.3, -0.25) is 4.79 Å². The standard InChI is InChI=1S/C18H22FNOS/c1-18(2,3)17(15-8-5-11-22-15)20-16(21)10-9-13-6-4-7-14(19)12-13/h4-8,11-12,17H,9-10H2,1-3H3,(H,20,21). The van der Waals surface area contributed by atoms with E-state index in [4.69, 9.17) is 0 Å². The zero-order valence-corrected chi connectivity index (χ0v) is 14.0. The molecule has 1 atom stereocenters. The van der Waals surface area contributed by atoms with Crippen molar-refractivity contribution in [2.45, 2.75) is 39.7 Å². The number of carbonyl (C=O) groups is 1. The first-order valence-electron chi connectivity index (χ1n) is 7.43. The van der Waals surface area contributed by atoms with Gasteiger partial charge in [0.2, 0.25) is 5.91 Å². The van der Waals surface area contributed by atoms with Crippen molar-refractivity contribution in [2.24, 2.45) is 5.41 Å². The van der Waals surface area contributed by atoms with E-state index in [1.807, 2.05) is 23.6 Å². The van der Waals surface area contributed by atoms with E-state index in [-0.39, 0.29) is 23.2 Å². The molecule has 0 radical (unpaired) electrons. The van der Waals surface area contributed by atoms with Gasteiger partial charge in [0.05, 0.1) is 6.04 Å². The number of carbonyl (C=O) groups excluding carboxylic acids is 1. The molecule has 0 saturated heterocycles. The van der Waals surface area contributed by atoms with Crippen LogP contribution in [-0.4, -0.2) is 5.91 Å². The second-order valence-electron chi connectivity index (χ2n) is 6.51. The molecule has 1 heterocycles. The Morgan fingerprint density at radius 3 is 2.64 bits per heavy atom. The third kappa shape index (κ3) is 4.67. The Morgan fingerprint density at radius 1 is 1.27 bits per heavy atom. The molecule has 0 bridgehead atoms. The van der Waals surface area contributed by atoms with Gasteiger partial charge in [0.25, 0.3) is 0 Å². The number of halogens is 1. The molecule has 2 rings (SSSR count). The number of aryl methyl sites for hydroxylation is 1. The summed E-state index contributed by atoms with van der Waals surface area (Å²) < 4.78 is 13.1. The molecule has 0 aliphatic heterocycles. The van der Waals surface area contributed by atoms with Gasteiger partial charge in [0, 0.05) is 11.3 Å². The van der Waals surface area contributed by atoms with Gasteiger partial charge in [-0.2, -0.15) is 0 Å². The largest absolute Gasteiger partial charge is 0.348 e. The molecule has 0 fully saturated rings. The van der Waals surface area contributed by atoms with Crippen LogP contribution in [0.4, 0.5) is 4.39 Å². The predicted molar refractivity (Wildman–Crippen MR) is 89.4 cm³/mol. The Morgan fingerprint density at radius 2 is 2.05 bits per heavy atom. The van der Waals surface area contributed by atoms with Crippen LogP contribution in [0, 0.1) is 11.2 Å². The van der Waals surface area contributed by atoms with Crippen LogP contribution in [0.3, 0.4) is 0 Å². The first kappa shape index (κ1) is 16.7. The lowest BCUT2D eigenvalue weighted by Gasteiger charge is -2.30. The van der Waals surface area contributed by atoms with Gasteiger partial charge in [0.15, 0.2) is 0 Å². The number of nitrogens with one attached hydrogen (secondary N) is 1. The van der Waals surface area contributed by atoms with Gasteiger partial charge < -0.3 is 5.32 Å². The Bertz CT molecular complexity index is 616. The molecule has 0 saturated carbocycles. The highest BCUT2D eigenvalue weighted by Gasteiger charge is 2.28. The maximum Gasteiger partial charge on any atom is 0.220 e. The fourth-order valence-electron chi connectivity index (χ4n) is 2.35. The average Bonchev–Trinajstić information content (AvgIpc) is 2.95. The van der Waals surface area contributed by atoms with Crippen LogP contribution in [0.15, 0.2) is 41.8 Å². The highest BCUT2D eigenvalue weighted by Crippen LogP contribution is 2.35. The molecule has 0 aliphatic carbocycles. The number of thiophene rings is 1. The number of rotatable bonds is 5. The molecule has 2 nitrogen and oxygen atoms in total. The van der Waals surface area contributed by atoms with E-state index in [0.717, 1.165) is 10.4 Å². The van der Waals surface area contributed by atoms with Crippen molar-refractivity contribution in [1.82, 2.24) is 5.32 Å². The number of hydrogen-bond donors (Lipinski definition) is 1. The summed E-state index contributed by atoms with van der Waals surface area (Å²) >= 11 is 1.65. The number of hydrogen-bond acceptors (Lipinski definition) is 2. The molecule has 0 aliphatic rings. The van der Waals surface area contributed by atoms with E-state index in [2.05, 4.69) is 26.1 Å². The van der Waals surface area contributed by atoms with Gasteiger partial charge >= 0.3 is 0 Å². The summed E-state index contributed by atoms with van der Waals surface area (Å²) in [5.41, 5.74) is 0.790. The maximum absolute atomic E-state index is 13.1. The minimum atomic E-state index is -0.260. The fraction of sp³-hybridized carbons (Fsp3) is 0.389. The van der Waals surface area contributed by atoms with Crippen LogP contribution < -0.4 is 5.32 Å². The van der Waals surface area contributed by atoms with E-state index in [9.17, 15) is 9.18 Å². The predicted octanol–water partition coefficient (Wildman–Crippen LogP) is 4.72. The maximum atomic E-state index is 13.1. The zero-order valence-electron chi connectivity index (χ0n) is 13.2. The first-order chi connectivity index (χ1) is 10.4. The molecule has 4 heteroatoms. The SMILES string of the molecule is CC(C)(C)C(NC(=O)CCc1cccc(F)c1)c1cccs1. The van der Waals surface area contributed by atoms with Crippen molar-refractivity contribution in [1.29, 1.82) is 0 Å². The van der Waals surface area contributed by atoms with Crippen LogP contribution in [0.5, 0.6) is 0 Å². The summed E-state index contributed by atoms with van der Waals surface area (Å²) in [5.74, 6) is -0.262. The van der Waals surface area contributed by atoms with Crippen molar-refractivity contribution in [3.63, 3.8) is 0 Å². The molecule has 0 spiro atoms. The first-order valence-corrected chi connectivity index (χ1v) is 8.31. The molecule has 2 aromatic rings. The lowest BCUT2D eigenvalue weighted by molar-refractivity contribution is -0.122. The van der Waals surface area contributed by atoms with E-state index < -0.39 is 0 Å². The van der Waals surface area contributed by atoms with E-state index in [1.165, 1.54) is 12.1 Å². The molecule has 118 valence electrons. The molecular formula is C18H22FNOS. The Kier molecular flexibility index (Phi) is 5.35. The molecule has 1 N–H and O–H groups in total. The van der Waals surface area contributed by atoms with Crippen molar-refractivity contribution >= 4 is 17.2 Å². The lowest BCUT2D eigenvalue weighted by atomic mass is 9.85. The number of benzene rings is 1. The minimum absolute atomic E-state index is 0.00223. The molecule has 1 aromatic heterocycles. The van der Waals surface area contributed by atoms with Crippen molar-refractivity contribution in [2.75, 3.05) is 0 Å². The summed E-state index contributed by atoms with van der Waals surface area (Å²) in [6.45, 7) is 6.35. The van der Waals surface area contributed by atoms with E-state index >= 15 is 0 Å². The molecule has 1 unspecified atom stereocenters. The summed E-state index contributed by atoms with van der Waals surface area (Å²) in [6.07, 6.45) is 0.909. The highest BCUT2D eigenvalue weighted by atomic mass is 32.1. The van der Waals surface area contributed by atoms with Crippen molar-refractivity contribution in [3.8, 4) is 0 Å². The number of amides is 1. The van der Waals surface area contributed by atoms with Crippen LogP contribution >= 0.6 is 11.3 Å². The Balaban J connectivity index is 1.97. The third-order valence-electron chi connectivity index (χ3n) is 3.53. The average molecular weight is 319 g/mol. The van der Waals surface area contributed by atoms with Gasteiger partial charge in [-0.15, -0.1) is 11.3 Å². The highest BCUT2D eigenvalue weighted by molar-refractivity contribution is 7.10. The van der Waals surface area contributed by atoms with Crippen molar-refractivity contribution < 1.29 is 9.18 Å². The monoisotopic (exact) mass is 319 g/mol. The quantitative estimate of drug-likeness (QED) is 0.848. The molecule has 1 amide bonds. The molecular weight excluding hydrogens is 297 g/mol. The van der Waals surface area contributed by atoms with Gasteiger partial charge in [-0.25, -0.2) is 4.39 Å². The molecule has 22 heavy (non-hydrogen) atoms. The van der Waals surface area contributed by atoms with Gasteiger partial charge in [-0.05, 0) is 41.0 Å². The summed E-state index contributed by atoms with van der Waals surface area (Å²) in [4.78, 5) is 13.4. The summed E-state index contributed by atoms with van der Waals surface area (Å²) in [7, 11) is 0. The Hall–Kier alpha value is -1.68. The van der Waals surface area contributed by atoms with Crippen LogP contribution in [0.1, 0.15) is 43.7 Å². The normalized spacial score (nSPS) is 12.9. The second kappa shape index (κ2) is 7.05. The van der Waals surface area contributed by atoms with Crippen molar-refractivity contribution in [3.05, 3.63) is 58.0 Å². The zero-order chi connectivity index (χ0) is 16.2. The molecule has 1 aromatic carbocycles. The summed E-state index contributed by atoms with van der Waals surface area (Å²) in [6, 6.07) is 10.4. The van der Waals surface area contributed by atoms with E-state index in [0.29, 0.717) is 12.8 Å². The summed E-state index contributed by atoms with van der Waals surface area (Å²) in [5, 5.41) is 5.14. The Labute approximate surface area is 135 Å². The minimum Gasteiger partial charge on any atom is -0.348 e. The van der Waals surface area contributed by atoms with Crippen LogP contribution in [0.2, 0.25) is 0 Å². The second-order valence-corrected chi connectivity index (χ2v) is 7.49. The van der Waals surface area contributed by atoms with Gasteiger partial charge in [-0.1, -0.05) is 39.0 Å². The van der Waals surface area contributed by atoms with Crippen LogP contribution in [0.25, 0.3) is 0 Å². The smallest absolute Gasteiger partial charge is 0.220 e. The third-order valence-corrected chi connectivity index (χ3v) is 4.47. The lowest BCUT2D eigenvalue weighted by Crippen LogP contribution is -2.36. The van der Waals surface area contributed by atoms with Gasteiger partial charge in [0.1, 0.15) is 5.82 Å². The topological polar surface area (TPSA) is 29.1 Å². The fourth-order valence-corrected chi connectivity index (χ4v) is 3.37. The van der Waals surface area contributed by atoms with Crippen LogP contribution in [-0.2, 0) is 11.2 Å².